The smallest absolute Gasteiger partial charge is 0.225 e. The second-order valence-corrected chi connectivity index (χ2v) is 7.51. The molecule has 0 bridgehead atoms. The summed E-state index contributed by atoms with van der Waals surface area (Å²) in [5.74, 6) is 2.19. The van der Waals surface area contributed by atoms with E-state index in [-0.39, 0.29) is 5.91 Å². The molecule has 0 radical (unpaired) electrons. The van der Waals surface area contributed by atoms with Gasteiger partial charge in [0, 0.05) is 24.1 Å². The van der Waals surface area contributed by atoms with Crippen LogP contribution in [-0.4, -0.2) is 32.7 Å². The van der Waals surface area contributed by atoms with E-state index in [1.54, 1.807) is 18.0 Å². The van der Waals surface area contributed by atoms with Crippen LogP contribution in [0.5, 0.6) is 0 Å². The fraction of sp³-hybridized carbons (Fsp3) is 0.278. The number of aryl methyl sites for hydroxylation is 1. The zero-order valence-electron chi connectivity index (χ0n) is 14.9. The first-order chi connectivity index (χ1) is 12.6. The lowest BCUT2D eigenvalue weighted by atomic mass is 10.2. The minimum absolute atomic E-state index is 0.00734. The number of hydrogen-bond donors (Lipinski definition) is 1. The number of nitrogens with one attached hydrogen (secondary N) is 1. The standard InChI is InChI=1S/C18H20N4O2S2/c1-12-13(8-10-24-12)17-20-21-18(22(17)2)26-11-9-16(23)19-14-6-4-5-7-15(14)25-3/h4-8,10H,9,11H2,1-3H3,(H,19,23). The van der Waals surface area contributed by atoms with Gasteiger partial charge < -0.3 is 14.3 Å². The van der Waals surface area contributed by atoms with Crippen molar-refractivity contribution in [2.75, 3.05) is 17.3 Å². The average Bonchev–Trinajstić information content (AvgIpc) is 3.21. The number of carbonyl (C=O) groups excluding carboxylic acids is 1. The maximum absolute atomic E-state index is 12.2. The average molecular weight is 389 g/mol. The molecule has 136 valence electrons. The van der Waals surface area contributed by atoms with E-state index in [1.807, 2.05) is 55.1 Å². The highest BCUT2D eigenvalue weighted by atomic mass is 32.2. The molecule has 3 aromatic rings. The van der Waals surface area contributed by atoms with Gasteiger partial charge in [-0.05, 0) is 31.4 Å². The molecule has 0 fully saturated rings. The second-order valence-electron chi connectivity index (χ2n) is 5.60. The number of benzene rings is 1. The van der Waals surface area contributed by atoms with Gasteiger partial charge in [0.15, 0.2) is 11.0 Å². The van der Waals surface area contributed by atoms with Crippen molar-refractivity contribution in [3.8, 4) is 11.4 Å². The van der Waals surface area contributed by atoms with Crippen molar-refractivity contribution in [3.05, 3.63) is 42.4 Å². The van der Waals surface area contributed by atoms with Crippen molar-refractivity contribution in [2.45, 2.75) is 23.4 Å². The molecule has 0 spiro atoms. The summed E-state index contributed by atoms with van der Waals surface area (Å²) < 4.78 is 7.25. The number of para-hydroxylation sites is 1. The lowest BCUT2D eigenvalue weighted by Crippen LogP contribution is -2.13. The van der Waals surface area contributed by atoms with E-state index >= 15 is 0 Å². The van der Waals surface area contributed by atoms with Crippen LogP contribution in [0, 0.1) is 6.92 Å². The van der Waals surface area contributed by atoms with Gasteiger partial charge in [0.05, 0.1) is 17.5 Å². The van der Waals surface area contributed by atoms with Crippen LogP contribution in [0.15, 0.2) is 51.1 Å². The van der Waals surface area contributed by atoms with Crippen LogP contribution < -0.4 is 5.32 Å². The van der Waals surface area contributed by atoms with Crippen molar-refractivity contribution in [1.82, 2.24) is 14.8 Å². The molecule has 0 aliphatic heterocycles. The van der Waals surface area contributed by atoms with Crippen LogP contribution in [0.1, 0.15) is 12.2 Å². The SMILES string of the molecule is CSc1ccccc1NC(=O)CCSc1nnc(-c2ccoc2C)n1C. The first-order valence-corrected chi connectivity index (χ1v) is 10.3. The summed E-state index contributed by atoms with van der Waals surface area (Å²) in [7, 11) is 1.92. The summed E-state index contributed by atoms with van der Waals surface area (Å²) in [6.07, 6.45) is 4.04. The van der Waals surface area contributed by atoms with Crippen molar-refractivity contribution < 1.29 is 9.21 Å². The van der Waals surface area contributed by atoms with E-state index < -0.39 is 0 Å². The molecule has 0 aliphatic carbocycles. The molecule has 0 unspecified atom stereocenters. The zero-order valence-corrected chi connectivity index (χ0v) is 16.5. The van der Waals surface area contributed by atoms with Crippen LogP contribution in [0.2, 0.25) is 0 Å². The Morgan fingerprint density at radius 2 is 2.08 bits per heavy atom. The molecule has 1 amide bonds. The lowest BCUT2D eigenvalue weighted by Gasteiger charge is -2.09. The number of carbonyl (C=O) groups is 1. The number of hydrogen-bond acceptors (Lipinski definition) is 6. The van der Waals surface area contributed by atoms with Gasteiger partial charge >= 0.3 is 0 Å². The van der Waals surface area contributed by atoms with Crippen LogP contribution in [0.3, 0.4) is 0 Å². The van der Waals surface area contributed by atoms with E-state index in [0.29, 0.717) is 12.2 Å². The Morgan fingerprint density at radius 3 is 2.81 bits per heavy atom. The first-order valence-electron chi connectivity index (χ1n) is 8.09. The number of rotatable bonds is 7. The molecule has 0 saturated carbocycles. The Kier molecular flexibility index (Phi) is 6.05. The summed E-state index contributed by atoms with van der Waals surface area (Å²) in [6.45, 7) is 1.90. The minimum Gasteiger partial charge on any atom is -0.469 e. The third-order valence-electron chi connectivity index (χ3n) is 3.88. The van der Waals surface area contributed by atoms with Gasteiger partial charge in [-0.15, -0.1) is 22.0 Å². The maximum Gasteiger partial charge on any atom is 0.225 e. The van der Waals surface area contributed by atoms with Gasteiger partial charge in [-0.25, -0.2) is 0 Å². The molecule has 6 nitrogen and oxygen atoms in total. The predicted octanol–water partition coefficient (Wildman–Crippen LogP) is 4.23. The number of aromatic nitrogens is 3. The Morgan fingerprint density at radius 1 is 1.27 bits per heavy atom. The Labute approximate surface area is 160 Å². The maximum atomic E-state index is 12.2. The highest BCUT2D eigenvalue weighted by molar-refractivity contribution is 7.99. The van der Waals surface area contributed by atoms with Crippen molar-refractivity contribution in [3.63, 3.8) is 0 Å². The van der Waals surface area contributed by atoms with Crippen molar-refractivity contribution >= 4 is 35.1 Å². The number of anilines is 1. The normalized spacial score (nSPS) is 10.9. The monoisotopic (exact) mass is 388 g/mol. The molecule has 2 aromatic heterocycles. The predicted molar refractivity (Wildman–Crippen MR) is 106 cm³/mol. The topological polar surface area (TPSA) is 73.0 Å². The fourth-order valence-electron chi connectivity index (χ4n) is 2.49. The second kappa shape index (κ2) is 8.46. The summed E-state index contributed by atoms with van der Waals surface area (Å²) in [6, 6.07) is 9.67. The Balaban J connectivity index is 1.56. The molecule has 1 N–H and O–H groups in total. The molecule has 0 saturated heterocycles. The molecule has 0 atom stereocenters. The van der Waals surface area contributed by atoms with E-state index in [0.717, 1.165) is 32.9 Å². The number of thioether (sulfide) groups is 2. The zero-order chi connectivity index (χ0) is 18.5. The van der Waals surface area contributed by atoms with Crippen molar-refractivity contribution in [2.24, 2.45) is 7.05 Å². The number of furan rings is 1. The Bertz CT molecular complexity index is 904. The molecule has 0 aliphatic rings. The quantitative estimate of drug-likeness (QED) is 0.611. The van der Waals surface area contributed by atoms with Crippen LogP contribution in [-0.2, 0) is 11.8 Å². The molecule has 3 rings (SSSR count). The van der Waals surface area contributed by atoms with Gasteiger partial charge in [-0.3, -0.25) is 4.79 Å². The van der Waals surface area contributed by atoms with E-state index in [1.165, 1.54) is 11.8 Å². The van der Waals surface area contributed by atoms with Gasteiger partial charge in [0.1, 0.15) is 5.76 Å². The van der Waals surface area contributed by atoms with E-state index in [2.05, 4.69) is 15.5 Å². The summed E-state index contributed by atoms with van der Waals surface area (Å²) in [4.78, 5) is 13.3. The summed E-state index contributed by atoms with van der Waals surface area (Å²) in [5, 5.41) is 12.2. The molecule has 1 aromatic carbocycles. The Hall–Kier alpha value is -2.19. The third-order valence-corrected chi connectivity index (χ3v) is 5.69. The minimum atomic E-state index is -0.00734. The van der Waals surface area contributed by atoms with Gasteiger partial charge in [-0.1, -0.05) is 23.9 Å². The summed E-state index contributed by atoms with van der Waals surface area (Å²) >= 11 is 3.13. The first kappa shape index (κ1) is 18.6. The van der Waals surface area contributed by atoms with Crippen LogP contribution in [0.4, 0.5) is 5.69 Å². The molecule has 26 heavy (non-hydrogen) atoms. The number of nitrogens with zero attached hydrogens (tertiary/aromatic N) is 3. The van der Waals surface area contributed by atoms with Gasteiger partial charge in [-0.2, -0.15) is 0 Å². The van der Waals surface area contributed by atoms with E-state index in [4.69, 9.17) is 4.42 Å². The summed E-state index contributed by atoms with van der Waals surface area (Å²) in [5.41, 5.74) is 1.78. The van der Waals surface area contributed by atoms with Crippen LogP contribution >= 0.6 is 23.5 Å². The molecular weight excluding hydrogens is 368 g/mol. The molecule has 2 heterocycles. The number of amides is 1. The molecular formula is C18H20N4O2S2. The van der Waals surface area contributed by atoms with Crippen LogP contribution in [0.25, 0.3) is 11.4 Å². The third kappa shape index (κ3) is 4.13. The largest absolute Gasteiger partial charge is 0.469 e. The molecule has 8 heteroatoms. The fourth-order valence-corrected chi connectivity index (χ4v) is 3.89. The van der Waals surface area contributed by atoms with Crippen molar-refractivity contribution in [1.29, 1.82) is 0 Å². The van der Waals surface area contributed by atoms with Gasteiger partial charge in [0.2, 0.25) is 5.91 Å². The van der Waals surface area contributed by atoms with Gasteiger partial charge in [0.25, 0.3) is 0 Å². The lowest BCUT2D eigenvalue weighted by molar-refractivity contribution is -0.115. The highest BCUT2D eigenvalue weighted by Crippen LogP contribution is 2.27. The van der Waals surface area contributed by atoms with E-state index in [9.17, 15) is 4.79 Å². The highest BCUT2D eigenvalue weighted by Gasteiger charge is 2.15.